The summed E-state index contributed by atoms with van der Waals surface area (Å²) >= 11 is 1.69. The molecule has 0 saturated heterocycles. The van der Waals surface area contributed by atoms with Gasteiger partial charge in [0.05, 0.1) is 5.69 Å². The van der Waals surface area contributed by atoms with E-state index in [2.05, 4.69) is 46.0 Å². The molecular formula is C12H15N3S. The Morgan fingerprint density at radius 3 is 2.75 bits per heavy atom. The number of aromatic nitrogens is 2. The van der Waals surface area contributed by atoms with E-state index in [4.69, 9.17) is 0 Å². The molecule has 2 aromatic heterocycles. The van der Waals surface area contributed by atoms with E-state index in [1.54, 1.807) is 11.3 Å². The lowest BCUT2D eigenvalue weighted by Gasteiger charge is -2.10. The Hall–Kier alpha value is -1.42. The second-order valence-electron chi connectivity index (χ2n) is 3.58. The summed E-state index contributed by atoms with van der Waals surface area (Å²) in [6.45, 7) is 4.12. The van der Waals surface area contributed by atoms with Gasteiger partial charge in [0.2, 0.25) is 0 Å². The van der Waals surface area contributed by atoms with Gasteiger partial charge in [-0.05, 0) is 18.4 Å². The average Bonchev–Trinajstić information content (AvgIpc) is 2.83. The maximum atomic E-state index is 4.60. The predicted molar refractivity (Wildman–Crippen MR) is 69.0 cm³/mol. The first kappa shape index (κ1) is 11.1. The number of rotatable bonds is 3. The van der Waals surface area contributed by atoms with Crippen molar-refractivity contribution in [3.05, 3.63) is 28.2 Å². The summed E-state index contributed by atoms with van der Waals surface area (Å²) in [6.07, 6.45) is 0.853. The topological polar surface area (TPSA) is 37.8 Å². The van der Waals surface area contributed by atoms with Crippen LogP contribution in [0.15, 0.2) is 16.8 Å². The summed E-state index contributed by atoms with van der Waals surface area (Å²) in [5.41, 5.74) is 3.33. The van der Waals surface area contributed by atoms with Crippen molar-refractivity contribution in [2.24, 2.45) is 0 Å². The van der Waals surface area contributed by atoms with Crippen molar-refractivity contribution in [3.63, 3.8) is 0 Å². The van der Waals surface area contributed by atoms with Gasteiger partial charge in [-0.25, -0.2) is 9.97 Å². The standard InChI is InChI=1S/C12H15N3S/c1-4-10-14-11(9-5-6-16-7-9)8(2)12(13-3)15-10/h5-7H,4H2,1-3H3,(H,13,14,15). The monoisotopic (exact) mass is 233 g/mol. The highest BCUT2D eigenvalue weighted by molar-refractivity contribution is 7.08. The summed E-state index contributed by atoms with van der Waals surface area (Å²) < 4.78 is 0. The molecular weight excluding hydrogens is 218 g/mol. The maximum Gasteiger partial charge on any atom is 0.132 e. The molecule has 0 spiro atoms. The Morgan fingerprint density at radius 1 is 1.38 bits per heavy atom. The lowest BCUT2D eigenvalue weighted by Crippen LogP contribution is -2.04. The molecule has 0 bridgehead atoms. The molecule has 84 valence electrons. The lowest BCUT2D eigenvalue weighted by molar-refractivity contribution is 0.936. The van der Waals surface area contributed by atoms with Gasteiger partial charge >= 0.3 is 0 Å². The zero-order chi connectivity index (χ0) is 11.5. The molecule has 2 heterocycles. The van der Waals surface area contributed by atoms with E-state index >= 15 is 0 Å². The smallest absolute Gasteiger partial charge is 0.132 e. The quantitative estimate of drug-likeness (QED) is 0.885. The van der Waals surface area contributed by atoms with Gasteiger partial charge in [-0.15, -0.1) is 0 Å². The number of thiophene rings is 1. The first-order valence-corrected chi connectivity index (χ1v) is 6.28. The molecule has 0 unspecified atom stereocenters. The second kappa shape index (κ2) is 4.61. The molecule has 2 rings (SSSR count). The van der Waals surface area contributed by atoms with Gasteiger partial charge in [0.15, 0.2) is 0 Å². The summed E-state index contributed by atoms with van der Waals surface area (Å²) in [6, 6.07) is 2.10. The molecule has 3 nitrogen and oxygen atoms in total. The van der Waals surface area contributed by atoms with E-state index in [0.29, 0.717) is 0 Å². The number of anilines is 1. The minimum Gasteiger partial charge on any atom is -0.373 e. The third-order valence-electron chi connectivity index (χ3n) is 2.54. The van der Waals surface area contributed by atoms with Crippen LogP contribution in [-0.4, -0.2) is 17.0 Å². The number of nitrogens with one attached hydrogen (secondary N) is 1. The second-order valence-corrected chi connectivity index (χ2v) is 4.36. The highest BCUT2D eigenvalue weighted by Gasteiger charge is 2.11. The number of hydrogen-bond donors (Lipinski definition) is 1. The third-order valence-corrected chi connectivity index (χ3v) is 3.22. The van der Waals surface area contributed by atoms with Crippen LogP contribution < -0.4 is 5.32 Å². The van der Waals surface area contributed by atoms with Crippen LogP contribution in [0.1, 0.15) is 18.3 Å². The normalized spacial score (nSPS) is 10.4. The van der Waals surface area contributed by atoms with Crippen molar-refractivity contribution in [1.82, 2.24) is 9.97 Å². The third kappa shape index (κ3) is 1.93. The van der Waals surface area contributed by atoms with E-state index < -0.39 is 0 Å². The fourth-order valence-corrected chi connectivity index (χ4v) is 2.29. The van der Waals surface area contributed by atoms with E-state index in [0.717, 1.165) is 29.3 Å². The Labute approximate surface area is 99.6 Å². The van der Waals surface area contributed by atoms with Gasteiger partial charge in [-0.3, -0.25) is 0 Å². The zero-order valence-corrected chi connectivity index (χ0v) is 10.6. The molecule has 0 aliphatic carbocycles. The Kier molecular flexibility index (Phi) is 3.19. The molecule has 0 aliphatic rings. The van der Waals surface area contributed by atoms with Gasteiger partial charge in [0.1, 0.15) is 11.6 Å². The fourth-order valence-electron chi connectivity index (χ4n) is 1.64. The van der Waals surface area contributed by atoms with Crippen LogP contribution in [-0.2, 0) is 6.42 Å². The molecule has 16 heavy (non-hydrogen) atoms. The van der Waals surface area contributed by atoms with E-state index in [-0.39, 0.29) is 0 Å². The van der Waals surface area contributed by atoms with Gasteiger partial charge in [0.25, 0.3) is 0 Å². The molecule has 2 aromatic rings. The van der Waals surface area contributed by atoms with Crippen LogP contribution in [0.25, 0.3) is 11.3 Å². The first-order chi connectivity index (χ1) is 7.76. The average molecular weight is 233 g/mol. The molecule has 0 fully saturated rings. The van der Waals surface area contributed by atoms with Crippen LogP contribution in [0.2, 0.25) is 0 Å². The Balaban J connectivity index is 2.59. The van der Waals surface area contributed by atoms with Crippen molar-refractivity contribution < 1.29 is 0 Å². The first-order valence-electron chi connectivity index (χ1n) is 5.34. The molecule has 0 amide bonds. The van der Waals surface area contributed by atoms with Crippen LogP contribution in [0, 0.1) is 6.92 Å². The van der Waals surface area contributed by atoms with Crippen LogP contribution in [0.3, 0.4) is 0 Å². The van der Waals surface area contributed by atoms with Crippen molar-refractivity contribution >= 4 is 17.2 Å². The van der Waals surface area contributed by atoms with Gasteiger partial charge in [0, 0.05) is 30.0 Å². The van der Waals surface area contributed by atoms with Crippen LogP contribution in [0.5, 0.6) is 0 Å². The van der Waals surface area contributed by atoms with Gasteiger partial charge < -0.3 is 5.32 Å². The highest BCUT2D eigenvalue weighted by atomic mass is 32.1. The molecule has 0 atom stereocenters. The minimum atomic E-state index is 0.853. The fraction of sp³-hybridized carbons (Fsp3) is 0.333. The minimum absolute atomic E-state index is 0.853. The maximum absolute atomic E-state index is 4.60. The van der Waals surface area contributed by atoms with Crippen LogP contribution in [0.4, 0.5) is 5.82 Å². The van der Waals surface area contributed by atoms with Crippen molar-refractivity contribution in [1.29, 1.82) is 0 Å². The van der Waals surface area contributed by atoms with E-state index in [9.17, 15) is 0 Å². The summed E-state index contributed by atoms with van der Waals surface area (Å²) in [5, 5.41) is 7.31. The Morgan fingerprint density at radius 2 is 2.19 bits per heavy atom. The van der Waals surface area contributed by atoms with Crippen molar-refractivity contribution in [3.8, 4) is 11.3 Å². The predicted octanol–water partition coefficient (Wildman–Crippen LogP) is 3.12. The molecule has 1 N–H and O–H groups in total. The summed E-state index contributed by atoms with van der Waals surface area (Å²) in [7, 11) is 1.90. The van der Waals surface area contributed by atoms with E-state index in [1.165, 1.54) is 5.56 Å². The highest BCUT2D eigenvalue weighted by Crippen LogP contribution is 2.27. The largest absolute Gasteiger partial charge is 0.373 e. The number of aryl methyl sites for hydroxylation is 1. The lowest BCUT2D eigenvalue weighted by atomic mass is 10.1. The van der Waals surface area contributed by atoms with Crippen molar-refractivity contribution in [2.45, 2.75) is 20.3 Å². The molecule has 0 radical (unpaired) electrons. The molecule has 0 aliphatic heterocycles. The molecule has 0 saturated carbocycles. The van der Waals surface area contributed by atoms with Crippen LogP contribution >= 0.6 is 11.3 Å². The summed E-state index contributed by atoms with van der Waals surface area (Å²) in [5.74, 6) is 1.81. The Bertz CT molecular complexity index is 477. The number of nitrogens with zero attached hydrogens (tertiary/aromatic N) is 2. The van der Waals surface area contributed by atoms with Gasteiger partial charge in [-0.2, -0.15) is 11.3 Å². The number of hydrogen-bond acceptors (Lipinski definition) is 4. The zero-order valence-electron chi connectivity index (χ0n) is 9.74. The van der Waals surface area contributed by atoms with Gasteiger partial charge in [-0.1, -0.05) is 6.92 Å². The molecule has 0 aromatic carbocycles. The molecule has 4 heteroatoms. The SMILES string of the molecule is CCc1nc(NC)c(C)c(-c2ccsc2)n1. The summed E-state index contributed by atoms with van der Waals surface area (Å²) in [4.78, 5) is 9.06. The van der Waals surface area contributed by atoms with E-state index in [1.807, 2.05) is 7.05 Å². The van der Waals surface area contributed by atoms with Crippen molar-refractivity contribution in [2.75, 3.05) is 12.4 Å².